The zero-order valence-corrected chi connectivity index (χ0v) is 14.2. The highest BCUT2D eigenvalue weighted by atomic mass is 35.5. The van der Waals surface area contributed by atoms with E-state index in [-0.39, 0.29) is 16.9 Å². The highest BCUT2D eigenvalue weighted by Crippen LogP contribution is 2.31. The summed E-state index contributed by atoms with van der Waals surface area (Å²) in [6.07, 6.45) is 9.97. The quantitative estimate of drug-likeness (QED) is 0.513. The number of alkyl halides is 2. The van der Waals surface area contributed by atoms with Crippen molar-refractivity contribution in [1.82, 2.24) is 0 Å². The first-order valence-corrected chi connectivity index (χ1v) is 8.63. The van der Waals surface area contributed by atoms with Crippen molar-refractivity contribution in [3.8, 4) is 0 Å². The third-order valence-corrected chi connectivity index (χ3v) is 5.35. The van der Waals surface area contributed by atoms with Gasteiger partial charge in [0.25, 0.3) is 0 Å². The van der Waals surface area contributed by atoms with E-state index in [2.05, 4.69) is 39.0 Å². The number of rotatable bonds is 4. The third kappa shape index (κ3) is 4.26. The van der Waals surface area contributed by atoms with Gasteiger partial charge >= 0.3 is 0 Å². The van der Waals surface area contributed by atoms with Gasteiger partial charge in [0.2, 0.25) is 0 Å². The zero-order chi connectivity index (χ0) is 14.7. The molecule has 0 N–H and O–H groups in total. The van der Waals surface area contributed by atoms with Crippen LogP contribution in [-0.4, -0.2) is 23.5 Å². The van der Waals surface area contributed by atoms with Crippen molar-refractivity contribution in [2.24, 2.45) is 17.8 Å². The molecule has 0 saturated carbocycles. The summed E-state index contributed by atoms with van der Waals surface area (Å²) in [4.78, 5) is 0. The van der Waals surface area contributed by atoms with E-state index in [4.69, 9.17) is 27.9 Å². The molecule has 0 aromatic carbocycles. The molecule has 0 radical (unpaired) electrons. The minimum absolute atomic E-state index is 0.00131. The van der Waals surface area contributed by atoms with E-state index in [9.17, 15) is 0 Å². The largest absolute Gasteiger partial charge is 0.376 e. The smallest absolute Gasteiger partial charge is 0.0781 e. The van der Waals surface area contributed by atoms with Crippen molar-refractivity contribution in [1.29, 1.82) is 0 Å². The van der Waals surface area contributed by atoms with Crippen LogP contribution in [0.15, 0.2) is 23.8 Å². The molecule has 3 heteroatoms. The summed E-state index contributed by atoms with van der Waals surface area (Å²) in [5.41, 5.74) is 1.46. The summed E-state index contributed by atoms with van der Waals surface area (Å²) < 4.78 is 6.06. The van der Waals surface area contributed by atoms with Crippen molar-refractivity contribution in [2.75, 3.05) is 6.61 Å². The molecular formula is C17H26Cl2O. The van der Waals surface area contributed by atoms with Crippen LogP contribution in [0.1, 0.15) is 40.0 Å². The molecule has 0 amide bonds. The Balaban J connectivity index is 1.85. The first kappa shape index (κ1) is 16.4. The van der Waals surface area contributed by atoms with Gasteiger partial charge in [-0.3, -0.25) is 0 Å². The van der Waals surface area contributed by atoms with Gasteiger partial charge in [0.1, 0.15) is 0 Å². The van der Waals surface area contributed by atoms with Gasteiger partial charge in [-0.1, -0.05) is 44.6 Å². The Morgan fingerprint density at radius 3 is 2.65 bits per heavy atom. The van der Waals surface area contributed by atoms with Crippen LogP contribution >= 0.6 is 23.2 Å². The van der Waals surface area contributed by atoms with Crippen LogP contribution in [0.3, 0.4) is 0 Å². The van der Waals surface area contributed by atoms with Gasteiger partial charge in [-0.25, -0.2) is 0 Å². The molecule has 2 rings (SSSR count). The van der Waals surface area contributed by atoms with Gasteiger partial charge in [-0.2, -0.15) is 0 Å². The molecule has 114 valence electrons. The SMILES string of the molecule is CC1C=CC(COC2CCC(C(C)C)=CC2Cl)C(Cl)C1. The zero-order valence-electron chi connectivity index (χ0n) is 12.7. The lowest BCUT2D eigenvalue weighted by atomic mass is 9.88. The highest BCUT2D eigenvalue weighted by molar-refractivity contribution is 6.22. The van der Waals surface area contributed by atoms with Gasteiger partial charge in [0.05, 0.1) is 18.1 Å². The fourth-order valence-electron chi connectivity index (χ4n) is 2.98. The van der Waals surface area contributed by atoms with E-state index in [1.165, 1.54) is 5.57 Å². The van der Waals surface area contributed by atoms with E-state index < -0.39 is 0 Å². The Labute approximate surface area is 133 Å². The van der Waals surface area contributed by atoms with Gasteiger partial charge in [-0.15, -0.1) is 23.2 Å². The number of halogens is 2. The maximum Gasteiger partial charge on any atom is 0.0781 e. The van der Waals surface area contributed by atoms with Crippen LogP contribution in [0.5, 0.6) is 0 Å². The molecule has 0 bridgehead atoms. The summed E-state index contributed by atoms with van der Waals surface area (Å²) >= 11 is 12.9. The molecule has 0 saturated heterocycles. The van der Waals surface area contributed by atoms with Crippen molar-refractivity contribution in [2.45, 2.75) is 56.9 Å². The lowest BCUT2D eigenvalue weighted by Gasteiger charge is -2.31. The van der Waals surface area contributed by atoms with E-state index in [1.807, 2.05) is 0 Å². The Morgan fingerprint density at radius 1 is 1.30 bits per heavy atom. The molecular weight excluding hydrogens is 291 g/mol. The third-order valence-electron chi connectivity index (χ3n) is 4.44. The van der Waals surface area contributed by atoms with Crippen molar-refractivity contribution in [3.05, 3.63) is 23.8 Å². The van der Waals surface area contributed by atoms with E-state index in [0.717, 1.165) is 19.3 Å². The minimum atomic E-state index is 0.00131. The average molecular weight is 317 g/mol. The predicted molar refractivity (Wildman–Crippen MR) is 87.6 cm³/mol. The monoisotopic (exact) mass is 316 g/mol. The molecule has 0 aromatic heterocycles. The standard InChI is InChI=1S/C17H26Cl2O/c1-11(2)13-6-7-17(16(19)9-13)20-10-14-5-4-12(3)8-15(14)18/h4-5,9,11-12,14-17H,6-8,10H2,1-3H3. The van der Waals surface area contributed by atoms with Crippen LogP contribution in [0, 0.1) is 17.8 Å². The molecule has 2 aliphatic rings. The topological polar surface area (TPSA) is 9.23 Å². The fourth-order valence-corrected chi connectivity index (χ4v) is 3.77. The molecule has 5 unspecified atom stereocenters. The average Bonchev–Trinajstić information content (AvgIpc) is 2.38. The molecule has 0 fully saturated rings. The summed E-state index contributed by atoms with van der Waals surface area (Å²) in [6.45, 7) is 7.35. The summed E-state index contributed by atoms with van der Waals surface area (Å²) in [5.74, 6) is 1.50. The Morgan fingerprint density at radius 2 is 2.05 bits per heavy atom. The highest BCUT2D eigenvalue weighted by Gasteiger charge is 2.28. The molecule has 1 nitrogen and oxygen atoms in total. The Bertz CT molecular complexity index is 375. The van der Waals surface area contributed by atoms with Gasteiger partial charge in [-0.05, 0) is 31.1 Å². The molecule has 0 aliphatic heterocycles. The first-order valence-electron chi connectivity index (χ1n) is 7.76. The van der Waals surface area contributed by atoms with Crippen LogP contribution in [0.4, 0.5) is 0 Å². The van der Waals surface area contributed by atoms with Crippen LogP contribution < -0.4 is 0 Å². The van der Waals surface area contributed by atoms with Crippen LogP contribution in [-0.2, 0) is 4.74 Å². The summed E-state index contributed by atoms with van der Waals surface area (Å²) in [5, 5.41) is 0.190. The maximum atomic E-state index is 6.45. The molecule has 20 heavy (non-hydrogen) atoms. The second-order valence-corrected chi connectivity index (χ2v) is 7.59. The summed E-state index contributed by atoms with van der Waals surface area (Å²) in [7, 11) is 0. The molecule has 0 aromatic rings. The Hall–Kier alpha value is 0.0200. The van der Waals surface area contributed by atoms with E-state index in [1.54, 1.807) is 0 Å². The maximum absolute atomic E-state index is 6.45. The molecule has 0 spiro atoms. The number of ether oxygens (including phenoxy) is 1. The Kier molecular flexibility index (Phi) is 6.01. The lowest BCUT2D eigenvalue weighted by molar-refractivity contribution is 0.0310. The number of hydrogen-bond acceptors (Lipinski definition) is 1. The molecule has 2 aliphatic carbocycles. The number of hydrogen-bond donors (Lipinski definition) is 0. The van der Waals surface area contributed by atoms with Crippen molar-refractivity contribution < 1.29 is 4.74 Å². The van der Waals surface area contributed by atoms with Gasteiger partial charge < -0.3 is 4.74 Å². The normalized spacial score (nSPS) is 38.1. The van der Waals surface area contributed by atoms with Crippen LogP contribution in [0.2, 0.25) is 0 Å². The number of allylic oxidation sites excluding steroid dienone is 2. The van der Waals surface area contributed by atoms with Crippen LogP contribution in [0.25, 0.3) is 0 Å². The fraction of sp³-hybridized carbons (Fsp3) is 0.765. The van der Waals surface area contributed by atoms with Crippen molar-refractivity contribution in [3.63, 3.8) is 0 Å². The van der Waals surface area contributed by atoms with Crippen molar-refractivity contribution >= 4 is 23.2 Å². The second-order valence-electron chi connectivity index (χ2n) is 6.53. The van der Waals surface area contributed by atoms with E-state index >= 15 is 0 Å². The van der Waals surface area contributed by atoms with E-state index in [0.29, 0.717) is 24.4 Å². The summed E-state index contributed by atoms with van der Waals surface area (Å²) in [6, 6.07) is 0. The van der Waals surface area contributed by atoms with Gasteiger partial charge in [0, 0.05) is 11.3 Å². The first-order chi connectivity index (χ1) is 9.47. The lowest BCUT2D eigenvalue weighted by Crippen LogP contribution is -2.32. The molecule has 0 heterocycles. The second kappa shape index (κ2) is 7.33. The predicted octanol–water partition coefficient (Wildman–Crippen LogP) is 5.17. The minimum Gasteiger partial charge on any atom is -0.376 e. The molecule has 5 atom stereocenters. The van der Waals surface area contributed by atoms with Gasteiger partial charge in [0.15, 0.2) is 0 Å².